The molecule has 0 saturated heterocycles. The average molecular weight is 429 g/mol. The van der Waals surface area contributed by atoms with Crippen LogP contribution in [0.5, 0.6) is 0 Å². The maximum absolute atomic E-state index is 11.6. The van der Waals surface area contributed by atoms with Gasteiger partial charge in [0.2, 0.25) is 0 Å². The van der Waals surface area contributed by atoms with Gasteiger partial charge in [0, 0.05) is 0 Å². The van der Waals surface area contributed by atoms with E-state index in [4.69, 9.17) is 10.7 Å². The van der Waals surface area contributed by atoms with Crippen LogP contribution in [-0.4, -0.2) is 25.8 Å². The Balaban J connectivity index is 2.03. The van der Waals surface area contributed by atoms with Crippen molar-refractivity contribution in [1.82, 2.24) is 4.98 Å². The molecule has 0 aliphatic heterocycles. The molecule has 1 aliphatic rings. The predicted molar refractivity (Wildman–Crippen MR) is 114 cm³/mol. The van der Waals surface area contributed by atoms with Crippen LogP contribution in [0.3, 0.4) is 0 Å². The van der Waals surface area contributed by atoms with Gasteiger partial charge in [-0.1, -0.05) is 0 Å². The number of benzene rings is 1. The first kappa shape index (κ1) is 20.1. The number of hydrogen-bond donors (Lipinski definition) is 1. The third kappa shape index (κ3) is 3.83. The molecule has 0 bridgehead atoms. The molecule has 3 rings (SSSR count). The van der Waals surface area contributed by atoms with Gasteiger partial charge in [-0.3, -0.25) is 0 Å². The fourth-order valence-electron chi connectivity index (χ4n) is 3.96. The van der Waals surface area contributed by atoms with E-state index >= 15 is 0 Å². The van der Waals surface area contributed by atoms with Gasteiger partial charge in [0.15, 0.2) is 0 Å². The van der Waals surface area contributed by atoms with E-state index in [0.717, 1.165) is 10.3 Å². The molecule has 1 aliphatic carbocycles. The first-order chi connectivity index (χ1) is 12.5. The summed E-state index contributed by atoms with van der Waals surface area (Å²) in [6, 6.07) is 8.64. The van der Waals surface area contributed by atoms with Gasteiger partial charge >= 0.3 is 169 Å². The number of rotatable bonds is 4. The molecule has 27 heavy (non-hydrogen) atoms. The molecular formula is C23H30N2OSe. The number of primary amides is 1. The molecule has 3 nitrogen and oxygen atoms in total. The minimum absolute atomic E-state index is 0.108. The number of aryl methyl sites for hydroxylation is 2. The van der Waals surface area contributed by atoms with E-state index in [-0.39, 0.29) is 25.8 Å². The molecule has 144 valence electrons. The fraction of sp³-hybridized carbons (Fsp3) is 0.478. The van der Waals surface area contributed by atoms with Crippen molar-refractivity contribution in [2.75, 3.05) is 0 Å². The standard InChI is InChI=1S/C23H30N2OSe/c1-7-18-15(21(24)26)8-9-20(25-18)27-19-13-17-16(12-14(19)2)22(3,4)10-11-23(17,5)6/h8-9,12-13H,7,10-11H2,1-6H3,(H2,24,26). The van der Waals surface area contributed by atoms with Crippen molar-refractivity contribution in [1.29, 1.82) is 0 Å². The summed E-state index contributed by atoms with van der Waals surface area (Å²) in [5.41, 5.74) is 11.6. The number of amides is 1. The van der Waals surface area contributed by atoms with Gasteiger partial charge in [-0.15, -0.1) is 0 Å². The van der Waals surface area contributed by atoms with Gasteiger partial charge in [-0.05, 0) is 0 Å². The van der Waals surface area contributed by atoms with Crippen LogP contribution in [0.15, 0.2) is 24.3 Å². The summed E-state index contributed by atoms with van der Waals surface area (Å²) in [6.07, 6.45) is 3.16. The Bertz CT molecular complexity index is 899. The number of nitrogens with zero attached hydrogens (tertiary/aromatic N) is 1. The molecule has 0 spiro atoms. The number of fused-ring (bicyclic) bond motifs is 1. The van der Waals surface area contributed by atoms with Crippen molar-refractivity contribution in [2.24, 2.45) is 5.73 Å². The summed E-state index contributed by atoms with van der Waals surface area (Å²) >= 11 is 0.108. The van der Waals surface area contributed by atoms with Crippen molar-refractivity contribution in [2.45, 2.75) is 71.6 Å². The summed E-state index contributed by atoms with van der Waals surface area (Å²) in [5.74, 6) is -0.396. The first-order valence-corrected chi connectivity index (χ1v) is 11.4. The van der Waals surface area contributed by atoms with E-state index in [1.807, 2.05) is 19.1 Å². The van der Waals surface area contributed by atoms with Crippen LogP contribution in [0.2, 0.25) is 0 Å². The van der Waals surface area contributed by atoms with Crippen molar-refractivity contribution >= 4 is 29.9 Å². The second-order valence-electron chi connectivity index (χ2n) is 8.89. The van der Waals surface area contributed by atoms with E-state index in [2.05, 4.69) is 46.8 Å². The van der Waals surface area contributed by atoms with E-state index in [1.54, 1.807) is 0 Å². The van der Waals surface area contributed by atoms with Gasteiger partial charge < -0.3 is 0 Å². The second kappa shape index (κ2) is 7.07. The zero-order valence-electron chi connectivity index (χ0n) is 17.3. The Labute approximate surface area is 169 Å². The predicted octanol–water partition coefficient (Wildman–Crippen LogP) is 3.06. The number of hydrogen-bond acceptors (Lipinski definition) is 2. The van der Waals surface area contributed by atoms with Crippen LogP contribution in [-0.2, 0) is 17.3 Å². The second-order valence-corrected chi connectivity index (χ2v) is 11.1. The summed E-state index contributed by atoms with van der Waals surface area (Å²) in [5, 5.41) is 0. The minimum atomic E-state index is -0.396. The molecule has 0 saturated carbocycles. The summed E-state index contributed by atoms with van der Waals surface area (Å²) in [4.78, 5) is 16.3. The van der Waals surface area contributed by atoms with Crippen LogP contribution >= 0.6 is 0 Å². The molecule has 0 radical (unpaired) electrons. The summed E-state index contributed by atoms with van der Waals surface area (Å²) < 4.78 is 2.44. The zero-order valence-corrected chi connectivity index (χ0v) is 19.0. The van der Waals surface area contributed by atoms with Crippen LogP contribution < -0.4 is 14.8 Å². The monoisotopic (exact) mass is 430 g/mol. The topological polar surface area (TPSA) is 56.0 Å². The van der Waals surface area contributed by atoms with Crippen molar-refractivity contribution < 1.29 is 4.79 Å². The van der Waals surface area contributed by atoms with Crippen molar-refractivity contribution in [3.8, 4) is 0 Å². The first-order valence-electron chi connectivity index (χ1n) is 9.68. The van der Waals surface area contributed by atoms with Gasteiger partial charge in [-0.25, -0.2) is 0 Å². The molecule has 1 aromatic heterocycles. The van der Waals surface area contributed by atoms with E-state index in [9.17, 15) is 4.79 Å². The maximum atomic E-state index is 11.6. The van der Waals surface area contributed by atoms with Crippen LogP contribution in [0.4, 0.5) is 0 Å². The number of carbonyl (C=O) groups excluding carboxylic acids is 1. The third-order valence-electron chi connectivity index (χ3n) is 5.91. The van der Waals surface area contributed by atoms with Crippen molar-refractivity contribution in [3.63, 3.8) is 0 Å². The van der Waals surface area contributed by atoms with Crippen LogP contribution in [0.25, 0.3) is 0 Å². The van der Waals surface area contributed by atoms with E-state index in [0.29, 0.717) is 12.0 Å². The average Bonchev–Trinajstić information content (AvgIpc) is 2.60. The van der Waals surface area contributed by atoms with Crippen molar-refractivity contribution in [3.05, 3.63) is 52.2 Å². The molecule has 0 fully saturated rings. The molecule has 2 aromatic rings. The molecule has 1 amide bonds. The van der Waals surface area contributed by atoms with E-state index in [1.165, 1.54) is 34.0 Å². The number of aromatic nitrogens is 1. The Kier molecular flexibility index (Phi) is 5.26. The third-order valence-corrected chi connectivity index (χ3v) is 8.21. The zero-order chi connectivity index (χ0) is 20.0. The molecule has 0 unspecified atom stereocenters. The molecular weight excluding hydrogens is 399 g/mol. The Hall–Kier alpha value is -1.64. The number of carbonyl (C=O) groups is 1. The van der Waals surface area contributed by atoms with Gasteiger partial charge in [0.1, 0.15) is 0 Å². The number of nitrogens with two attached hydrogens (primary N) is 1. The SMILES string of the molecule is CCc1nc([Se]c2cc3c(cc2C)C(C)(C)CCC3(C)C)ccc1C(N)=O. The Morgan fingerprint density at radius 2 is 1.70 bits per heavy atom. The van der Waals surface area contributed by atoms with Crippen LogP contribution in [0.1, 0.15) is 80.2 Å². The fourth-order valence-corrected chi connectivity index (χ4v) is 5.87. The van der Waals surface area contributed by atoms with Gasteiger partial charge in [-0.2, -0.15) is 0 Å². The Morgan fingerprint density at radius 3 is 2.26 bits per heavy atom. The van der Waals surface area contributed by atoms with E-state index < -0.39 is 5.91 Å². The Morgan fingerprint density at radius 1 is 1.11 bits per heavy atom. The molecule has 0 atom stereocenters. The van der Waals surface area contributed by atoms with Gasteiger partial charge in [0.25, 0.3) is 0 Å². The van der Waals surface area contributed by atoms with Crippen LogP contribution in [0, 0.1) is 6.92 Å². The summed E-state index contributed by atoms with van der Waals surface area (Å²) in [7, 11) is 0. The molecule has 1 aromatic carbocycles. The quantitative estimate of drug-likeness (QED) is 0.760. The van der Waals surface area contributed by atoms with Gasteiger partial charge in [0.05, 0.1) is 0 Å². The molecule has 4 heteroatoms. The summed E-state index contributed by atoms with van der Waals surface area (Å²) in [6.45, 7) is 13.7. The normalized spacial score (nSPS) is 17.4. The number of pyridine rings is 1. The molecule has 1 heterocycles. The molecule has 2 N–H and O–H groups in total.